The molecule has 0 aromatic heterocycles. The zero-order valence-corrected chi connectivity index (χ0v) is 17.2. The molecule has 0 aliphatic carbocycles. The van der Waals surface area contributed by atoms with Crippen LogP contribution in [-0.2, 0) is 27.2 Å². The van der Waals surface area contributed by atoms with E-state index in [-0.39, 0.29) is 0 Å². The van der Waals surface area contributed by atoms with Crippen LogP contribution in [-0.4, -0.2) is 28.6 Å². The molecule has 0 saturated carbocycles. The van der Waals surface area contributed by atoms with E-state index in [1.807, 2.05) is 58.9 Å². The second-order valence-corrected chi connectivity index (χ2v) is 25.0. The molecule has 0 atom stereocenters. The van der Waals surface area contributed by atoms with Crippen LogP contribution < -0.4 is 0 Å². The SMILES string of the molecule is C[Si](C)(C)[O][Ti]([OH])([O][Si](C)(C)C)[O][Si](C)(C)C. The van der Waals surface area contributed by atoms with Gasteiger partial charge in [0, 0.05) is 0 Å². The molecule has 0 heterocycles. The third-order valence-electron chi connectivity index (χ3n) is 1.31. The Morgan fingerprint density at radius 3 is 0.882 bits per heavy atom. The first-order valence-corrected chi connectivity index (χ1v) is 18.8. The van der Waals surface area contributed by atoms with Gasteiger partial charge in [-0.3, -0.25) is 0 Å². The molecule has 0 unspecified atom stereocenters. The van der Waals surface area contributed by atoms with Crippen LogP contribution in [0.25, 0.3) is 0 Å². The summed E-state index contributed by atoms with van der Waals surface area (Å²) in [7, 11) is -5.59. The molecule has 0 spiro atoms. The fourth-order valence-electron chi connectivity index (χ4n) is 1.22. The topological polar surface area (TPSA) is 47.9 Å². The standard InChI is InChI=1S/3C3H9OSi.H2O.Ti/c3*1-5(2,3)4;;/h3*1-3H3;1H2;/q3*-1;;+4/p-1. The van der Waals surface area contributed by atoms with Crippen LogP contribution in [0.15, 0.2) is 0 Å². The Kier molecular flexibility index (Phi) is 6.08. The summed E-state index contributed by atoms with van der Waals surface area (Å²) in [6, 6.07) is 0. The van der Waals surface area contributed by atoms with Crippen molar-refractivity contribution in [2.24, 2.45) is 0 Å². The molecular formula is C9H28O4Si3Ti. The predicted molar refractivity (Wildman–Crippen MR) is 75.5 cm³/mol. The molecule has 0 rings (SSSR count). The van der Waals surface area contributed by atoms with E-state index in [1.165, 1.54) is 0 Å². The number of hydrogen-bond acceptors (Lipinski definition) is 4. The monoisotopic (exact) mass is 332 g/mol. The Bertz CT molecular complexity index is 214. The first-order chi connectivity index (χ1) is 7.12. The minimum atomic E-state index is -4.03. The van der Waals surface area contributed by atoms with Crippen molar-refractivity contribution in [2.75, 3.05) is 0 Å². The maximum atomic E-state index is 10.6. The molecule has 0 aliphatic heterocycles. The van der Waals surface area contributed by atoms with Crippen molar-refractivity contribution in [2.45, 2.75) is 58.9 Å². The van der Waals surface area contributed by atoms with Crippen molar-refractivity contribution in [3.05, 3.63) is 0 Å². The van der Waals surface area contributed by atoms with E-state index in [1.54, 1.807) is 0 Å². The van der Waals surface area contributed by atoms with Gasteiger partial charge in [0.15, 0.2) is 0 Å². The van der Waals surface area contributed by atoms with Gasteiger partial charge in [0.2, 0.25) is 0 Å². The van der Waals surface area contributed by atoms with E-state index in [0.717, 1.165) is 0 Å². The van der Waals surface area contributed by atoms with Gasteiger partial charge >= 0.3 is 115 Å². The molecule has 104 valence electrons. The van der Waals surface area contributed by atoms with Crippen molar-refractivity contribution in [3.63, 3.8) is 0 Å². The summed E-state index contributed by atoms with van der Waals surface area (Å²) in [5.41, 5.74) is 0. The fraction of sp³-hybridized carbons (Fsp3) is 1.00. The molecule has 0 aromatic rings. The molecule has 1 N–H and O–H groups in total. The fourth-order valence-corrected chi connectivity index (χ4v) is 16.7. The Hall–Kier alpha value is 1.20. The second kappa shape index (κ2) is 5.68. The van der Waals surface area contributed by atoms with E-state index >= 15 is 0 Å². The molecule has 8 heteroatoms. The minimum absolute atomic E-state index is 1.86. The average Bonchev–Trinajstić information content (AvgIpc) is 1.65. The van der Waals surface area contributed by atoms with Crippen LogP contribution >= 0.6 is 0 Å². The van der Waals surface area contributed by atoms with Gasteiger partial charge in [-0.25, -0.2) is 0 Å². The van der Waals surface area contributed by atoms with Gasteiger partial charge in [0.05, 0.1) is 0 Å². The van der Waals surface area contributed by atoms with Crippen LogP contribution in [0.2, 0.25) is 58.9 Å². The summed E-state index contributed by atoms with van der Waals surface area (Å²) in [5.74, 6) is 0. The quantitative estimate of drug-likeness (QED) is 0.758. The van der Waals surface area contributed by atoms with Gasteiger partial charge in [-0.05, 0) is 0 Å². The summed E-state index contributed by atoms with van der Waals surface area (Å²) < 4.78 is 28.3. The summed E-state index contributed by atoms with van der Waals surface area (Å²) in [6.07, 6.45) is 0. The molecule has 4 nitrogen and oxygen atoms in total. The number of rotatable bonds is 6. The van der Waals surface area contributed by atoms with Crippen LogP contribution in [0.1, 0.15) is 0 Å². The molecule has 0 radical (unpaired) electrons. The average molecular weight is 332 g/mol. The van der Waals surface area contributed by atoms with E-state index in [9.17, 15) is 3.69 Å². The Labute approximate surface area is 114 Å². The van der Waals surface area contributed by atoms with E-state index in [0.29, 0.717) is 0 Å². The predicted octanol–water partition coefficient (Wildman–Crippen LogP) is 3.35. The van der Waals surface area contributed by atoms with Crippen molar-refractivity contribution in [1.82, 2.24) is 0 Å². The summed E-state index contributed by atoms with van der Waals surface area (Å²) in [4.78, 5) is 0. The molecule has 0 bridgehead atoms. The van der Waals surface area contributed by atoms with Crippen LogP contribution in [0.3, 0.4) is 0 Å². The molecule has 0 saturated heterocycles. The van der Waals surface area contributed by atoms with E-state index < -0.39 is 43.1 Å². The number of hydrogen-bond donors (Lipinski definition) is 1. The molecule has 0 aliphatic rings. The first-order valence-electron chi connectivity index (χ1n) is 5.95. The zero-order chi connectivity index (χ0) is 14.1. The molecular weight excluding hydrogens is 304 g/mol. The second-order valence-electron chi connectivity index (χ2n) is 7.17. The van der Waals surface area contributed by atoms with E-state index in [2.05, 4.69) is 0 Å². The maximum absolute atomic E-state index is 10.6. The summed E-state index contributed by atoms with van der Waals surface area (Å²) >= 11 is -4.03. The first kappa shape index (κ1) is 18.2. The molecule has 17 heavy (non-hydrogen) atoms. The van der Waals surface area contributed by atoms with Crippen molar-refractivity contribution in [3.8, 4) is 0 Å². The Morgan fingerprint density at radius 1 is 0.588 bits per heavy atom. The van der Waals surface area contributed by atoms with Crippen molar-refractivity contribution < 1.29 is 30.9 Å². The van der Waals surface area contributed by atoms with Gasteiger partial charge in [0.25, 0.3) is 0 Å². The Morgan fingerprint density at radius 2 is 0.765 bits per heavy atom. The molecule has 0 amide bonds. The van der Waals surface area contributed by atoms with Gasteiger partial charge in [-0.1, -0.05) is 0 Å². The normalized spacial score (nSPS) is 15.2. The van der Waals surface area contributed by atoms with Crippen LogP contribution in [0, 0.1) is 0 Å². The molecule has 0 aromatic carbocycles. The summed E-state index contributed by atoms with van der Waals surface area (Å²) in [5, 5.41) is 0. The third-order valence-corrected chi connectivity index (χ3v) is 16.1. The molecule has 0 fully saturated rings. The van der Waals surface area contributed by atoms with Crippen LogP contribution in [0.5, 0.6) is 0 Å². The summed E-state index contributed by atoms with van der Waals surface area (Å²) in [6.45, 7) is 18.4. The zero-order valence-electron chi connectivity index (χ0n) is 12.7. The Balaban J connectivity index is 4.95. The van der Waals surface area contributed by atoms with Crippen molar-refractivity contribution >= 4 is 25.0 Å². The van der Waals surface area contributed by atoms with Gasteiger partial charge in [0.1, 0.15) is 0 Å². The van der Waals surface area contributed by atoms with Gasteiger partial charge in [-0.2, -0.15) is 0 Å². The van der Waals surface area contributed by atoms with Gasteiger partial charge < -0.3 is 0 Å². The van der Waals surface area contributed by atoms with Crippen LogP contribution in [0.4, 0.5) is 0 Å². The third kappa shape index (κ3) is 10.8. The van der Waals surface area contributed by atoms with E-state index in [4.69, 9.17) is 9.02 Å². The van der Waals surface area contributed by atoms with Gasteiger partial charge in [-0.15, -0.1) is 0 Å². The van der Waals surface area contributed by atoms with Crippen molar-refractivity contribution in [1.29, 1.82) is 0 Å².